The fourth-order valence-corrected chi connectivity index (χ4v) is 5.73. The summed E-state index contributed by atoms with van der Waals surface area (Å²) in [5.41, 5.74) is 4.35. The van der Waals surface area contributed by atoms with Gasteiger partial charge in [-0.05, 0) is 56.0 Å². The third-order valence-corrected chi connectivity index (χ3v) is 7.48. The predicted octanol–water partition coefficient (Wildman–Crippen LogP) is 5.03. The van der Waals surface area contributed by atoms with Crippen molar-refractivity contribution in [1.29, 1.82) is 0 Å². The summed E-state index contributed by atoms with van der Waals surface area (Å²) in [7, 11) is 1.82. The van der Waals surface area contributed by atoms with E-state index in [0.29, 0.717) is 31.5 Å². The van der Waals surface area contributed by atoms with E-state index < -0.39 is 0 Å². The summed E-state index contributed by atoms with van der Waals surface area (Å²) in [5, 5.41) is 4.58. The molecular formula is C28H35FN4OS. The normalized spacial score (nSPS) is 18.5. The third-order valence-electron chi connectivity index (χ3n) is 6.41. The van der Waals surface area contributed by atoms with Crippen LogP contribution in [0.25, 0.3) is 10.4 Å². The Morgan fingerprint density at radius 3 is 2.37 bits per heavy atom. The van der Waals surface area contributed by atoms with E-state index in [1.165, 1.54) is 17.7 Å². The van der Waals surface area contributed by atoms with E-state index in [1.807, 2.05) is 14.0 Å². The molecule has 186 valence electrons. The third kappa shape index (κ3) is 6.97. The molecule has 0 saturated carbocycles. The molecule has 0 spiro atoms. The first-order valence-electron chi connectivity index (χ1n) is 12.3. The zero-order chi connectivity index (χ0) is 24.9. The molecule has 2 aromatic carbocycles. The molecule has 1 amide bonds. The van der Waals surface area contributed by atoms with Crippen molar-refractivity contribution < 1.29 is 9.18 Å². The number of aromatic nitrogens is 1. The molecule has 1 aliphatic heterocycles. The minimum Gasteiger partial charge on any atom is -0.340 e. The Kier molecular flexibility index (Phi) is 8.31. The smallest absolute Gasteiger partial charge is 0.222 e. The van der Waals surface area contributed by atoms with Gasteiger partial charge in [0, 0.05) is 45.2 Å². The predicted molar refractivity (Wildman–Crippen MR) is 141 cm³/mol. The van der Waals surface area contributed by atoms with Gasteiger partial charge in [0.25, 0.3) is 0 Å². The van der Waals surface area contributed by atoms with E-state index in [-0.39, 0.29) is 11.7 Å². The molecule has 1 aromatic heterocycles. The number of thiazole rings is 1. The Balaban J connectivity index is 1.38. The summed E-state index contributed by atoms with van der Waals surface area (Å²) in [6.07, 6.45) is 0.983. The number of hydrogen-bond donors (Lipinski definition) is 1. The number of nitrogens with one attached hydrogen (secondary N) is 1. The van der Waals surface area contributed by atoms with Gasteiger partial charge in [0.15, 0.2) is 0 Å². The van der Waals surface area contributed by atoms with Crippen molar-refractivity contribution in [3.8, 4) is 10.4 Å². The Morgan fingerprint density at radius 1 is 1.09 bits per heavy atom. The van der Waals surface area contributed by atoms with E-state index >= 15 is 0 Å². The number of hydrogen-bond acceptors (Lipinski definition) is 5. The average molecular weight is 495 g/mol. The number of carbonyl (C=O) groups is 1. The van der Waals surface area contributed by atoms with Crippen LogP contribution in [0.15, 0.2) is 48.5 Å². The molecule has 0 unspecified atom stereocenters. The number of rotatable bonds is 8. The van der Waals surface area contributed by atoms with Gasteiger partial charge in [-0.25, -0.2) is 9.37 Å². The quantitative estimate of drug-likeness (QED) is 0.477. The monoisotopic (exact) mass is 494 g/mol. The fraction of sp³-hybridized carbons (Fsp3) is 0.429. The van der Waals surface area contributed by atoms with E-state index in [1.54, 1.807) is 28.4 Å². The van der Waals surface area contributed by atoms with Gasteiger partial charge in [-0.3, -0.25) is 9.69 Å². The molecule has 5 nitrogen and oxygen atoms in total. The van der Waals surface area contributed by atoms with Gasteiger partial charge in [0.05, 0.1) is 22.1 Å². The van der Waals surface area contributed by atoms with Gasteiger partial charge >= 0.3 is 0 Å². The molecule has 7 heteroatoms. The van der Waals surface area contributed by atoms with Crippen LogP contribution in [0.4, 0.5) is 4.39 Å². The first-order valence-corrected chi connectivity index (χ1v) is 13.1. The highest BCUT2D eigenvalue weighted by Gasteiger charge is 2.21. The lowest BCUT2D eigenvalue weighted by Crippen LogP contribution is -2.53. The molecule has 0 bridgehead atoms. The minimum atomic E-state index is -0.260. The van der Waals surface area contributed by atoms with Gasteiger partial charge in [0.1, 0.15) is 5.82 Å². The number of amides is 1. The van der Waals surface area contributed by atoms with Crippen LogP contribution in [-0.4, -0.2) is 52.9 Å². The first kappa shape index (κ1) is 25.5. The van der Waals surface area contributed by atoms with Crippen molar-refractivity contribution in [3.63, 3.8) is 0 Å². The zero-order valence-electron chi connectivity index (χ0n) is 21.1. The first-order chi connectivity index (χ1) is 16.8. The molecule has 0 aliphatic carbocycles. The fourth-order valence-electron chi connectivity index (χ4n) is 4.80. The highest BCUT2D eigenvalue weighted by molar-refractivity contribution is 7.15. The second-order valence-electron chi connectivity index (χ2n) is 9.74. The maximum atomic E-state index is 13.1. The maximum absolute atomic E-state index is 13.1. The van der Waals surface area contributed by atoms with Gasteiger partial charge in [-0.2, -0.15) is 0 Å². The van der Waals surface area contributed by atoms with Crippen molar-refractivity contribution in [2.45, 2.75) is 58.8 Å². The maximum Gasteiger partial charge on any atom is 0.222 e. The number of piperazine rings is 1. The largest absolute Gasteiger partial charge is 0.340 e. The van der Waals surface area contributed by atoms with Crippen LogP contribution in [0.3, 0.4) is 0 Å². The van der Waals surface area contributed by atoms with Gasteiger partial charge in [0.2, 0.25) is 5.91 Å². The highest BCUT2D eigenvalue weighted by Crippen LogP contribution is 2.31. The van der Waals surface area contributed by atoms with Gasteiger partial charge in [-0.15, -0.1) is 11.3 Å². The van der Waals surface area contributed by atoms with Crippen LogP contribution < -0.4 is 5.32 Å². The van der Waals surface area contributed by atoms with Crippen molar-refractivity contribution in [3.05, 3.63) is 76.2 Å². The Morgan fingerprint density at radius 2 is 1.71 bits per heavy atom. The molecule has 0 radical (unpaired) electrons. The Labute approximate surface area is 212 Å². The molecule has 2 atom stereocenters. The highest BCUT2D eigenvalue weighted by atomic mass is 32.1. The molecule has 1 N–H and O–H groups in total. The van der Waals surface area contributed by atoms with Crippen LogP contribution in [0.2, 0.25) is 0 Å². The lowest BCUT2D eigenvalue weighted by atomic mass is 10.1. The van der Waals surface area contributed by atoms with Crippen LogP contribution in [-0.2, 0) is 24.3 Å². The summed E-state index contributed by atoms with van der Waals surface area (Å²) in [6, 6.07) is 16.1. The zero-order valence-corrected chi connectivity index (χ0v) is 21.9. The summed E-state index contributed by atoms with van der Waals surface area (Å²) in [6.45, 7) is 10.0. The average Bonchev–Trinajstić information content (AvgIpc) is 3.18. The Bertz CT molecular complexity index is 1120. The van der Waals surface area contributed by atoms with Crippen molar-refractivity contribution >= 4 is 17.2 Å². The molecule has 3 aromatic rings. The number of carbonyl (C=O) groups excluding carboxylic acids is 1. The second kappa shape index (κ2) is 11.4. The summed E-state index contributed by atoms with van der Waals surface area (Å²) in [5.74, 6) is -0.203. The van der Waals surface area contributed by atoms with Crippen molar-refractivity contribution in [2.24, 2.45) is 0 Å². The van der Waals surface area contributed by atoms with E-state index in [2.05, 4.69) is 48.3 Å². The second-order valence-corrected chi connectivity index (χ2v) is 10.9. The van der Waals surface area contributed by atoms with Gasteiger partial charge < -0.3 is 10.2 Å². The number of benzene rings is 2. The molecule has 35 heavy (non-hydrogen) atoms. The van der Waals surface area contributed by atoms with Crippen LogP contribution in [0.5, 0.6) is 0 Å². The molecule has 1 fully saturated rings. The standard InChI is InChI=1S/C28H35FN4OS/c1-19-15-33(16-20(2)30-19)17-23-5-10-24(11-6-23)28-26(31-21(3)35-28)18-32(4)27(34)14-9-22-7-12-25(29)13-8-22/h5-8,10-13,19-20,30H,9,14-18H2,1-4H3/t19-,20+. The van der Waals surface area contributed by atoms with E-state index in [4.69, 9.17) is 4.98 Å². The number of nitrogens with zero attached hydrogens (tertiary/aromatic N) is 3. The Hall–Kier alpha value is -2.61. The van der Waals surface area contributed by atoms with Crippen LogP contribution in [0, 0.1) is 12.7 Å². The summed E-state index contributed by atoms with van der Waals surface area (Å²) >= 11 is 1.67. The topological polar surface area (TPSA) is 48.5 Å². The minimum absolute atomic E-state index is 0.0563. The van der Waals surface area contributed by atoms with E-state index in [0.717, 1.165) is 46.3 Å². The van der Waals surface area contributed by atoms with Crippen LogP contribution >= 0.6 is 11.3 Å². The van der Waals surface area contributed by atoms with E-state index in [9.17, 15) is 9.18 Å². The van der Waals surface area contributed by atoms with Gasteiger partial charge in [-0.1, -0.05) is 36.4 Å². The number of halogens is 1. The van der Waals surface area contributed by atoms with Crippen molar-refractivity contribution in [2.75, 3.05) is 20.1 Å². The molecule has 4 rings (SSSR count). The summed E-state index contributed by atoms with van der Waals surface area (Å²) < 4.78 is 13.1. The van der Waals surface area contributed by atoms with Crippen LogP contribution in [0.1, 0.15) is 42.1 Å². The van der Waals surface area contributed by atoms with Crippen molar-refractivity contribution in [1.82, 2.24) is 20.1 Å². The molecule has 2 heterocycles. The molecule has 1 aliphatic rings. The lowest BCUT2D eigenvalue weighted by Gasteiger charge is -2.36. The molecule has 1 saturated heterocycles. The molecular weight excluding hydrogens is 459 g/mol. The number of aryl methyl sites for hydroxylation is 2. The SMILES string of the molecule is Cc1nc(CN(C)C(=O)CCc2ccc(F)cc2)c(-c2ccc(CN3C[C@@H](C)N[C@@H](C)C3)cc2)s1. The lowest BCUT2D eigenvalue weighted by molar-refractivity contribution is -0.130. The summed E-state index contributed by atoms with van der Waals surface area (Å²) in [4.78, 5) is 22.8.